The number of amides is 2. The normalized spacial score (nSPS) is 11.5. The molecule has 1 unspecified atom stereocenters. The smallest absolute Gasteiger partial charge is 0.319 e. The van der Waals surface area contributed by atoms with Gasteiger partial charge < -0.3 is 20.1 Å². The molecular weight excluding hydrogens is 304 g/mol. The van der Waals surface area contributed by atoms with E-state index < -0.39 is 0 Å². The number of rotatable bonds is 6. The van der Waals surface area contributed by atoms with Crippen LogP contribution in [0.1, 0.15) is 31.0 Å². The standard InChI is InChI=1S/C19H24N2O3/c1-5-14-9-11-15(12-10-14)13(2)20-19(22)21-18-16(23-3)7-6-8-17(18)24-4/h6-13H,5H2,1-4H3,(H2,20,21,22). The summed E-state index contributed by atoms with van der Waals surface area (Å²) in [6.07, 6.45) is 0.996. The van der Waals surface area contributed by atoms with Crippen molar-refractivity contribution >= 4 is 11.7 Å². The van der Waals surface area contributed by atoms with E-state index in [9.17, 15) is 4.79 Å². The highest BCUT2D eigenvalue weighted by atomic mass is 16.5. The zero-order valence-corrected chi connectivity index (χ0v) is 14.6. The number of benzene rings is 2. The van der Waals surface area contributed by atoms with Crippen LogP contribution in [-0.4, -0.2) is 20.3 Å². The molecule has 0 bridgehead atoms. The van der Waals surface area contributed by atoms with Gasteiger partial charge in [0.1, 0.15) is 17.2 Å². The zero-order valence-electron chi connectivity index (χ0n) is 14.6. The summed E-state index contributed by atoms with van der Waals surface area (Å²) < 4.78 is 10.6. The van der Waals surface area contributed by atoms with Gasteiger partial charge in [0.2, 0.25) is 0 Å². The lowest BCUT2D eigenvalue weighted by atomic mass is 10.1. The predicted molar refractivity (Wildman–Crippen MR) is 95.9 cm³/mol. The van der Waals surface area contributed by atoms with Gasteiger partial charge in [0.15, 0.2) is 0 Å². The minimum atomic E-state index is -0.315. The van der Waals surface area contributed by atoms with E-state index in [2.05, 4.69) is 29.7 Å². The second-order valence-electron chi connectivity index (χ2n) is 5.45. The molecule has 24 heavy (non-hydrogen) atoms. The topological polar surface area (TPSA) is 59.6 Å². The van der Waals surface area contributed by atoms with Gasteiger partial charge in [0.05, 0.1) is 20.3 Å². The molecule has 0 radical (unpaired) electrons. The van der Waals surface area contributed by atoms with Crippen LogP contribution in [0.15, 0.2) is 42.5 Å². The predicted octanol–water partition coefficient (Wildman–Crippen LogP) is 4.15. The summed E-state index contributed by atoms with van der Waals surface area (Å²) in [6.45, 7) is 4.06. The molecule has 128 valence electrons. The van der Waals surface area contributed by atoms with Crippen LogP contribution in [0.4, 0.5) is 10.5 Å². The summed E-state index contributed by atoms with van der Waals surface area (Å²) in [5.41, 5.74) is 2.83. The Morgan fingerprint density at radius 3 is 2.12 bits per heavy atom. The summed E-state index contributed by atoms with van der Waals surface area (Å²) in [4.78, 5) is 12.3. The van der Waals surface area contributed by atoms with E-state index in [1.807, 2.05) is 19.1 Å². The van der Waals surface area contributed by atoms with Crippen molar-refractivity contribution in [2.75, 3.05) is 19.5 Å². The van der Waals surface area contributed by atoms with Crippen LogP contribution in [0.25, 0.3) is 0 Å². The molecule has 5 nitrogen and oxygen atoms in total. The quantitative estimate of drug-likeness (QED) is 0.837. The number of hydrogen-bond acceptors (Lipinski definition) is 3. The second-order valence-corrected chi connectivity index (χ2v) is 5.45. The van der Waals surface area contributed by atoms with Crippen LogP contribution in [0.3, 0.4) is 0 Å². The highest BCUT2D eigenvalue weighted by Gasteiger charge is 2.15. The number of ether oxygens (including phenoxy) is 2. The van der Waals surface area contributed by atoms with Gasteiger partial charge in [-0.15, -0.1) is 0 Å². The maximum atomic E-state index is 12.3. The number of carbonyl (C=O) groups excluding carboxylic acids is 1. The van der Waals surface area contributed by atoms with Gasteiger partial charge >= 0.3 is 6.03 Å². The first-order chi connectivity index (χ1) is 11.6. The minimum absolute atomic E-state index is 0.114. The van der Waals surface area contributed by atoms with Gasteiger partial charge in [-0.25, -0.2) is 4.79 Å². The number of hydrogen-bond donors (Lipinski definition) is 2. The molecule has 0 spiro atoms. The lowest BCUT2D eigenvalue weighted by Gasteiger charge is -2.18. The Labute approximate surface area is 143 Å². The van der Waals surface area contributed by atoms with Crippen LogP contribution >= 0.6 is 0 Å². The molecular formula is C19H24N2O3. The fourth-order valence-corrected chi connectivity index (χ4v) is 2.45. The van der Waals surface area contributed by atoms with Crippen molar-refractivity contribution in [1.82, 2.24) is 5.32 Å². The molecule has 0 saturated heterocycles. The maximum Gasteiger partial charge on any atom is 0.319 e. The lowest BCUT2D eigenvalue weighted by Crippen LogP contribution is -2.31. The van der Waals surface area contributed by atoms with E-state index in [0.29, 0.717) is 17.2 Å². The van der Waals surface area contributed by atoms with Crippen LogP contribution in [0, 0.1) is 0 Å². The first kappa shape index (κ1) is 17.7. The first-order valence-corrected chi connectivity index (χ1v) is 7.96. The molecule has 5 heteroatoms. The molecule has 0 aliphatic rings. The molecule has 0 aromatic heterocycles. The third kappa shape index (κ3) is 4.19. The van der Waals surface area contributed by atoms with Crippen molar-refractivity contribution in [3.63, 3.8) is 0 Å². The zero-order chi connectivity index (χ0) is 17.5. The van der Waals surface area contributed by atoms with E-state index in [0.717, 1.165) is 12.0 Å². The van der Waals surface area contributed by atoms with Crippen molar-refractivity contribution in [2.24, 2.45) is 0 Å². The minimum Gasteiger partial charge on any atom is -0.494 e. The van der Waals surface area contributed by atoms with Crippen LogP contribution in [0.2, 0.25) is 0 Å². The molecule has 2 aromatic carbocycles. The molecule has 2 N–H and O–H groups in total. The summed E-state index contributed by atoms with van der Waals surface area (Å²) >= 11 is 0. The first-order valence-electron chi connectivity index (χ1n) is 7.96. The summed E-state index contributed by atoms with van der Waals surface area (Å²) in [7, 11) is 3.10. The van der Waals surface area contributed by atoms with Gasteiger partial charge in [-0.3, -0.25) is 0 Å². The molecule has 2 rings (SSSR count). The third-order valence-electron chi connectivity index (χ3n) is 3.90. The highest BCUT2D eigenvalue weighted by Crippen LogP contribution is 2.34. The fourth-order valence-electron chi connectivity index (χ4n) is 2.45. The Hall–Kier alpha value is -2.69. The largest absolute Gasteiger partial charge is 0.494 e. The van der Waals surface area contributed by atoms with Gasteiger partial charge in [-0.1, -0.05) is 37.3 Å². The SMILES string of the molecule is CCc1ccc(C(C)NC(=O)Nc2c(OC)cccc2OC)cc1. The Balaban J connectivity index is 2.07. The van der Waals surface area contributed by atoms with Gasteiger partial charge in [0, 0.05) is 0 Å². The van der Waals surface area contributed by atoms with Crippen molar-refractivity contribution in [3.8, 4) is 11.5 Å². The van der Waals surface area contributed by atoms with Crippen molar-refractivity contribution in [3.05, 3.63) is 53.6 Å². The summed E-state index contributed by atoms with van der Waals surface area (Å²) in [6, 6.07) is 13.1. The third-order valence-corrected chi connectivity index (χ3v) is 3.90. The van der Waals surface area contributed by atoms with E-state index >= 15 is 0 Å². The molecule has 2 amide bonds. The summed E-state index contributed by atoms with van der Waals surface area (Å²) in [5, 5.41) is 5.73. The van der Waals surface area contributed by atoms with E-state index in [-0.39, 0.29) is 12.1 Å². The number of aryl methyl sites for hydroxylation is 1. The van der Waals surface area contributed by atoms with Gasteiger partial charge in [-0.05, 0) is 36.6 Å². The average molecular weight is 328 g/mol. The summed E-state index contributed by atoms with van der Waals surface area (Å²) in [5.74, 6) is 1.09. The number of anilines is 1. The molecule has 2 aromatic rings. The molecule has 0 saturated carbocycles. The number of nitrogens with one attached hydrogen (secondary N) is 2. The van der Waals surface area contributed by atoms with Crippen LogP contribution in [0.5, 0.6) is 11.5 Å². The Kier molecular flexibility index (Phi) is 6.07. The van der Waals surface area contributed by atoms with Crippen LogP contribution in [-0.2, 0) is 6.42 Å². The number of para-hydroxylation sites is 1. The van der Waals surface area contributed by atoms with Crippen molar-refractivity contribution in [1.29, 1.82) is 0 Å². The monoisotopic (exact) mass is 328 g/mol. The van der Waals surface area contributed by atoms with Crippen LogP contribution < -0.4 is 20.1 Å². The average Bonchev–Trinajstić information content (AvgIpc) is 2.61. The number of urea groups is 1. The van der Waals surface area contributed by atoms with E-state index in [1.54, 1.807) is 32.4 Å². The van der Waals surface area contributed by atoms with Gasteiger partial charge in [-0.2, -0.15) is 0 Å². The molecule has 0 heterocycles. The Bertz CT molecular complexity index is 661. The molecule has 0 aliphatic carbocycles. The lowest BCUT2D eigenvalue weighted by molar-refractivity contribution is 0.249. The fraction of sp³-hybridized carbons (Fsp3) is 0.316. The highest BCUT2D eigenvalue weighted by molar-refractivity contribution is 5.93. The molecule has 0 aliphatic heterocycles. The number of carbonyl (C=O) groups is 1. The number of methoxy groups -OCH3 is 2. The van der Waals surface area contributed by atoms with Gasteiger partial charge in [0.25, 0.3) is 0 Å². The molecule has 1 atom stereocenters. The maximum absolute atomic E-state index is 12.3. The van der Waals surface area contributed by atoms with Crippen molar-refractivity contribution < 1.29 is 14.3 Å². The van der Waals surface area contributed by atoms with E-state index in [4.69, 9.17) is 9.47 Å². The Morgan fingerprint density at radius 2 is 1.62 bits per heavy atom. The van der Waals surface area contributed by atoms with E-state index in [1.165, 1.54) is 5.56 Å². The Morgan fingerprint density at radius 1 is 1.04 bits per heavy atom. The second kappa shape index (κ2) is 8.24. The van der Waals surface area contributed by atoms with Crippen molar-refractivity contribution in [2.45, 2.75) is 26.3 Å². The molecule has 0 fully saturated rings.